The van der Waals surface area contributed by atoms with Gasteiger partial charge in [0.2, 0.25) is 5.91 Å². The molecule has 8 nitrogen and oxygen atoms in total. The first-order chi connectivity index (χ1) is 17.6. The third-order valence-electron chi connectivity index (χ3n) is 5.44. The second-order valence-electron chi connectivity index (χ2n) is 7.79. The Labute approximate surface area is 208 Å². The molecule has 0 atom stereocenters. The maximum Gasteiger partial charge on any atom is 0.418 e. The minimum absolute atomic E-state index is 0.112. The number of halogens is 3. The molecule has 11 heteroatoms. The molecule has 0 fully saturated rings. The molecule has 188 valence electrons. The van der Waals surface area contributed by atoms with Crippen molar-refractivity contribution in [3.8, 4) is 11.5 Å². The highest BCUT2D eigenvalue weighted by molar-refractivity contribution is 6.12. The number of aromatic hydroxyl groups is 1. The molecular weight excluding hydrogens is 489 g/mol. The van der Waals surface area contributed by atoms with Crippen LogP contribution in [-0.4, -0.2) is 24.0 Å². The molecule has 0 spiro atoms. The standard InChI is InChI=1S/C26H19F3N4O4/c1-37-21-11-10-15(24(30)35)13-20(21)32-33-22-16-7-3-2-6-14(16)12-17(23(22)34)25(36)31-19-9-5-4-8-18(19)26(27,28)29/h2-13,34H,1H3,(H2,30,35)(H,31,36)/b33-32-. The summed E-state index contributed by atoms with van der Waals surface area (Å²) in [4.78, 5) is 24.6. The topological polar surface area (TPSA) is 126 Å². The molecule has 0 saturated carbocycles. The largest absolute Gasteiger partial charge is 0.505 e. The van der Waals surface area contributed by atoms with Crippen LogP contribution in [0.1, 0.15) is 26.3 Å². The van der Waals surface area contributed by atoms with Gasteiger partial charge < -0.3 is 20.9 Å². The van der Waals surface area contributed by atoms with Crippen LogP contribution in [0.5, 0.6) is 11.5 Å². The summed E-state index contributed by atoms with van der Waals surface area (Å²) in [6, 6.07) is 16.7. The third kappa shape index (κ3) is 5.20. The van der Waals surface area contributed by atoms with Crippen LogP contribution in [0.4, 0.5) is 30.2 Å². The average Bonchev–Trinajstić information content (AvgIpc) is 2.87. The molecule has 4 N–H and O–H groups in total. The fourth-order valence-electron chi connectivity index (χ4n) is 3.65. The number of anilines is 1. The number of rotatable bonds is 6. The highest BCUT2D eigenvalue weighted by atomic mass is 19.4. The number of fused-ring (bicyclic) bond motifs is 1. The number of carbonyl (C=O) groups excluding carboxylic acids is 2. The van der Waals surface area contributed by atoms with Crippen LogP contribution in [-0.2, 0) is 6.18 Å². The van der Waals surface area contributed by atoms with Crippen molar-refractivity contribution in [1.82, 2.24) is 0 Å². The fraction of sp³-hybridized carbons (Fsp3) is 0.0769. The molecule has 2 amide bonds. The Hall–Kier alpha value is -4.93. The van der Waals surface area contributed by atoms with Crippen LogP contribution in [0.2, 0.25) is 0 Å². The Morgan fingerprint density at radius 1 is 0.973 bits per heavy atom. The second-order valence-corrected chi connectivity index (χ2v) is 7.79. The van der Waals surface area contributed by atoms with Gasteiger partial charge in [0, 0.05) is 10.9 Å². The average molecular weight is 508 g/mol. The van der Waals surface area contributed by atoms with E-state index in [1.54, 1.807) is 24.3 Å². The molecule has 0 aliphatic carbocycles. The van der Waals surface area contributed by atoms with Crippen LogP contribution in [0.25, 0.3) is 10.8 Å². The number of carbonyl (C=O) groups is 2. The van der Waals surface area contributed by atoms with Gasteiger partial charge >= 0.3 is 6.18 Å². The highest BCUT2D eigenvalue weighted by Crippen LogP contribution is 2.41. The summed E-state index contributed by atoms with van der Waals surface area (Å²) < 4.78 is 45.4. The van der Waals surface area contributed by atoms with Gasteiger partial charge in [0.15, 0.2) is 5.75 Å². The zero-order chi connectivity index (χ0) is 26.7. The number of phenols is 1. The summed E-state index contributed by atoms with van der Waals surface area (Å²) in [6.07, 6.45) is -4.70. The monoisotopic (exact) mass is 508 g/mol. The lowest BCUT2D eigenvalue weighted by Crippen LogP contribution is -2.16. The first-order valence-corrected chi connectivity index (χ1v) is 10.7. The molecule has 0 bridgehead atoms. The van der Waals surface area contributed by atoms with Crippen molar-refractivity contribution in [2.45, 2.75) is 6.18 Å². The Bertz CT molecular complexity index is 1550. The molecule has 37 heavy (non-hydrogen) atoms. The van der Waals surface area contributed by atoms with Crippen molar-refractivity contribution in [2.24, 2.45) is 16.0 Å². The predicted molar refractivity (Wildman–Crippen MR) is 131 cm³/mol. The number of hydrogen-bond donors (Lipinski definition) is 3. The number of para-hydroxylation sites is 1. The number of azo groups is 1. The number of methoxy groups -OCH3 is 1. The van der Waals surface area contributed by atoms with Crippen molar-refractivity contribution in [1.29, 1.82) is 0 Å². The van der Waals surface area contributed by atoms with Crippen molar-refractivity contribution >= 4 is 39.6 Å². The van der Waals surface area contributed by atoms with Gasteiger partial charge in [-0.05, 0) is 41.8 Å². The SMILES string of the molecule is COc1ccc(C(N)=O)cc1/N=N\c1c(O)c(C(=O)Nc2ccccc2C(F)(F)F)cc2ccccc12. The zero-order valence-electron chi connectivity index (χ0n) is 19.2. The highest BCUT2D eigenvalue weighted by Gasteiger charge is 2.34. The molecule has 4 aromatic rings. The number of ether oxygens (including phenoxy) is 1. The van der Waals surface area contributed by atoms with E-state index in [1.807, 2.05) is 0 Å². The Kier molecular flexibility index (Phi) is 6.79. The molecular formula is C26H19F3N4O4. The van der Waals surface area contributed by atoms with Crippen molar-refractivity contribution < 1.29 is 32.6 Å². The van der Waals surface area contributed by atoms with Gasteiger partial charge in [-0.15, -0.1) is 10.2 Å². The number of hydrogen-bond acceptors (Lipinski definition) is 6. The summed E-state index contributed by atoms with van der Waals surface area (Å²) >= 11 is 0. The fourth-order valence-corrected chi connectivity index (χ4v) is 3.65. The molecule has 0 unspecified atom stereocenters. The van der Waals surface area contributed by atoms with Crippen molar-refractivity contribution in [3.63, 3.8) is 0 Å². The molecule has 0 saturated heterocycles. The van der Waals surface area contributed by atoms with E-state index in [-0.39, 0.29) is 28.3 Å². The van der Waals surface area contributed by atoms with E-state index in [9.17, 15) is 27.9 Å². The normalized spacial score (nSPS) is 11.6. The zero-order valence-corrected chi connectivity index (χ0v) is 19.2. The number of nitrogens with one attached hydrogen (secondary N) is 1. The van der Waals surface area contributed by atoms with Crippen LogP contribution < -0.4 is 15.8 Å². The molecule has 4 aromatic carbocycles. The number of benzene rings is 4. The van der Waals surface area contributed by atoms with E-state index in [1.165, 1.54) is 43.5 Å². The van der Waals surface area contributed by atoms with E-state index >= 15 is 0 Å². The van der Waals surface area contributed by atoms with E-state index in [0.717, 1.165) is 12.1 Å². The number of primary amides is 1. The maximum absolute atomic E-state index is 13.4. The predicted octanol–water partition coefficient (Wildman–Crippen LogP) is 6.34. The Balaban J connectivity index is 1.81. The number of amides is 2. The van der Waals surface area contributed by atoms with Gasteiger partial charge in [-0.3, -0.25) is 9.59 Å². The third-order valence-corrected chi connectivity index (χ3v) is 5.44. The van der Waals surface area contributed by atoms with E-state index in [4.69, 9.17) is 10.5 Å². The van der Waals surface area contributed by atoms with E-state index in [2.05, 4.69) is 15.5 Å². The first-order valence-electron chi connectivity index (χ1n) is 10.7. The quantitative estimate of drug-likeness (QED) is 0.263. The summed E-state index contributed by atoms with van der Waals surface area (Å²) in [5.41, 5.74) is 3.65. The van der Waals surface area contributed by atoms with Gasteiger partial charge in [0.25, 0.3) is 5.91 Å². The van der Waals surface area contributed by atoms with Crippen molar-refractivity contribution in [2.75, 3.05) is 12.4 Å². The summed E-state index contributed by atoms with van der Waals surface area (Å²) in [7, 11) is 1.38. The lowest BCUT2D eigenvalue weighted by Gasteiger charge is -2.15. The van der Waals surface area contributed by atoms with Gasteiger partial charge in [0.1, 0.15) is 17.1 Å². The number of nitrogens with zero attached hydrogens (tertiary/aromatic N) is 2. The van der Waals surface area contributed by atoms with Crippen LogP contribution in [0, 0.1) is 0 Å². The number of nitrogens with two attached hydrogens (primary N) is 1. The van der Waals surface area contributed by atoms with Crippen LogP contribution >= 0.6 is 0 Å². The Morgan fingerprint density at radius 2 is 1.68 bits per heavy atom. The molecule has 0 aliphatic rings. The summed E-state index contributed by atoms with van der Waals surface area (Å²) in [5.74, 6) is -2.03. The second kappa shape index (κ2) is 9.97. The van der Waals surface area contributed by atoms with Gasteiger partial charge in [-0.25, -0.2) is 0 Å². The Morgan fingerprint density at radius 3 is 2.38 bits per heavy atom. The van der Waals surface area contributed by atoms with Crippen LogP contribution in [0.15, 0.2) is 83.0 Å². The summed E-state index contributed by atoms with van der Waals surface area (Å²) in [5, 5.41) is 22.3. The van der Waals surface area contributed by atoms with Crippen LogP contribution in [0.3, 0.4) is 0 Å². The molecule has 0 aromatic heterocycles. The minimum atomic E-state index is -4.70. The van der Waals surface area contributed by atoms with E-state index in [0.29, 0.717) is 10.8 Å². The summed E-state index contributed by atoms with van der Waals surface area (Å²) in [6.45, 7) is 0. The van der Waals surface area contributed by atoms with Gasteiger partial charge in [0.05, 0.1) is 23.9 Å². The van der Waals surface area contributed by atoms with Gasteiger partial charge in [-0.1, -0.05) is 36.4 Å². The minimum Gasteiger partial charge on any atom is -0.505 e. The number of alkyl halides is 3. The van der Waals surface area contributed by atoms with Gasteiger partial charge in [-0.2, -0.15) is 13.2 Å². The maximum atomic E-state index is 13.4. The lowest BCUT2D eigenvalue weighted by atomic mass is 10.0. The molecule has 4 rings (SSSR count). The number of phenolic OH excluding ortho intramolecular Hbond substituents is 1. The van der Waals surface area contributed by atoms with Crippen molar-refractivity contribution in [3.05, 3.63) is 89.5 Å². The molecule has 0 radical (unpaired) electrons. The molecule has 0 aliphatic heterocycles. The first kappa shape index (κ1) is 25.2. The van der Waals surface area contributed by atoms with E-state index < -0.39 is 35.0 Å². The molecule has 0 heterocycles. The smallest absolute Gasteiger partial charge is 0.418 e. The lowest BCUT2D eigenvalue weighted by molar-refractivity contribution is -0.136.